The van der Waals surface area contributed by atoms with Gasteiger partial charge < -0.3 is 10.0 Å². The van der Waals surface area contributed by atoms with Gasteiger partial charge in [-0.2, -0.15) is 0 Å². The fourth-order valence-corrected chi connectivity index (χ4v) is 2.93. The van der Waals surface area contributed by atoms with Crippen LogP contribution in [0.2, 0.25) is 0 Å². The van der Waals surface area contributed by atoms with E-state index in [4.69, 9.17) is 0 Å². The summed E-state index contributed by atoms with van der Waals surface area (Å²) in [4.78, 5) is 13.3. The fraction of sp³-hybridized carbons (Fsp3) is 0.188. The smallest absolute Gasteiger partial charge is 0.231 e. The molecular weight excluding hydrogens is 337 g/mol. The van der Waals surface area contributed by atoms with E-state index in [1.54, 1.807) is 30.1 Å². The number of carbonyl (C=O) groups excluding carboxylic acids is 1. The van der Waals surface area contributed by atoms with Gasteiger partial charge in [-0.15, -0.1) is 0 Å². The Morgan fingerprint density at radius 1 is 1.24 bits per heavy atom. The lowest BCUT2D eigenvalue weighted by atomic mass is 9.99. The Hall–Kier alpha value is -1.72. The number of carbonyl (C=O) groups is 1. The van der Waals surface area contributed by atoms with E-state index in [1.165, 1.54) is 6.07 Å². The topological polar surface area (TPSA) is 40.5 Å². The van der Waals surface area contributed by atoms with Crippen molar-refractivity contribution in [3.8, 4) is 0 Å². The highest BCUT2D eigenvalue weighted by Crippen LogP contribution is 2.32. The number of hydrogen-bond donors (Lipinski definition) is 1. The minimum absolute atomic E-state index is 0.0427. The van der Waals surface area contributed by atoms with Crippen molar-refractivity contribution >= 4 is 27.5 Å². The minimum atomic E-state index is -0.854. The Morgan fingerprint density at radius 2 is 1.90 bits per heavy atom. The van der Waals surface area contributed by atoms with Crippen LogP contribution in [0.3, 0.4) is 0 Å². The number of aliphatic hydroxyl groups is 1. The summed E-state index contributed by atoms with van der Waals surface area (Å²) in [5, 5.41) is 10.4. The normalized spacial score (nSPS) is 15.2. The monoisotopic (exact) mass is 349 g/mol. The summed E-state index contributed by atoms with van der Waals surface area (Å²) < 4.78 is 13.6. The second kappa shape index (κ2) is 5.24. The number of anilines is 1. The molecule has 1 aliphatic rings. The molecule has 0 fully saturated rings. The number of amides is 1. The van der Waals surface area contributed by atoms with Crippen LogP contribution in [0.25, 0.3) is 0 Å². The summed E-state index contributed by atoms with van der Waals surface area (Å²) in [5.41, 5.74) is 3.06. The molecule has 0 saturated heterocycles. The van der Waals surface area contributed by atoms with Crippen LogP contribution in [0, 0.1) is 5.82 Å². The number of rotatable bonds is 2. The first-order chi connectivity index (χ1) is 9.97. The van der Waals surface area contributed by atoms with Crippen molar-refractivity contribution in [2.24, 2.45) is 0 Å². The third kappa shape index (κ3) is 2.47. The summed E-state index contributed by atoms with van der Waals surface area (Å²) in [6, 6.07) is 9.87. The number of fused-ring (bicyclic) bond motifs is 1. The van der Waals surface area contributed by atoms with E-state index in [9.17, 15) is 14.3 Å². The molecule has 108 valence electrons. The second-order valence-electron chi connectivity index (χ2n) is 5.09. The van der Waals surface area contributed by atoms with E-state index < -0.39 is 6.10 Å². The summed E-state index contributed by atoms with van der Waals surface area (Å²) in [7, 11) is 1.74. The zero-order valence-corrected chi connectivity index (χ0v) is 12.9. The summed E-state index contributed by atoms with van der Waals surface area (Å²) in [5.74, 6) is -0.326. The van der Waals surface area contributed by atoms with Gasteiger partial charge in [0.2, 0.25) is 5.91 Å². The van der Waals surface area contributed by atoms with Gasteiger partial charge in [0.15, 0.2) is 0 Å². The first-order valence-corrected chi connectivity index (χ1v) is 7.29. The average Bonchev–Trinajstić information content (AvgIpc) is 2.76. The van der Waals surface area contributed by atoms with E-state index in [-0.39, 0.29) is 11.7 Å². The average molecular weight is 350 g/mol. The van der Waals surface area contributed by atoms with Gasteiger partial charge in [-0.25, -0.2) is 4.39 Å². The van der Waals surface area contributed by atoms with E-state index in [2.05, 4.69) is 15.9 Å². The first-order valence-electron chi connectivity index (χ1n) is 6.50. The zero-order chi connectivity index (χ0) is 15.1. The number of nitrogens with zero attached hydrogens (tertiary/aromatic N) is 1. The van der Waals surface area contributed by atoms with Gasteiger partial charge in [0.1, 0.15) is 11.9 Å². The molecule has 1 unspecified atom stereocenters. The lowest BCUT2D eigenvalue weighted by molar-refractivity contribution is -0.117. The Kier molecular flexibility index (Phi) is 3.55. The molecule has 3 nitrogen and oxygen atoms in total. The maximum atomic E-state index is 13.3. The van der Waals surface area contributed by atoms with Crippen LogP contribution in [0.15, 0.2) is 40.9 Å². The maximum absolute atomic E-state index is 13.3. The van der Waals surface area contributed by atoms with Gasteiger partial charge in [0.25, 0.3) is 0 Å². The molecule has 0 radical (unpaired) electrons. The summed E-state index contributed by atoms with van der Waals surface area (Å²) in [6.07, 6.45) is -0.507. The molecule has 1 heterocycles. The highest BCUT2D eigenvalue weighted by molar-refractivity contribution is 9.10. The van der Waals surface area contributed by atoms with Crippen molar-refractivity contribution in [2.75, 3.05) is 11.9 Å². The molecule has 1 N–H and O–H groups in total. The molecule has 1 atom stereocenters. The van der Waals surface area contributed by atoms with E-state index >= 15 is 0 Å². The van der Waals surface area contributed by atoms with E-state index in [0.717, 1.165) is 11.3 Å². The summed E-state index contributed by atoms with van der Waals surface area (Å²) >= 11 is 3.11. The number of benzene rings is 2. The third-order valence-corrected chi connectivity index (χ3v) is 4.36. The minimum Gasteiger partial charge on any atom is -0.384 e. The molecule has 1 aliphatic heterocycles. The molecule has 0 aliphatic carbocycles. The van der Waals surface area contributed by atoms with Crippen molar-refractivity contribution < 1.29 is 14.3 Å². The van der Waals surface area contributed by atoms with Crippen LogP contribution in [-0.4, -0.2) is 18.1 Å². The van der Waals surface area contributed by atoms with Gasteiger partial charge in [-0.05, 0) is 50.8 Å². The van der Waals surface area contributed by atoms with Crippen LogP contribution >= 0.6 is 15.9 Å². The van der Waals surface area contributed by atoms with E-state index in [1.807, 2.05) is 12.1 Å². The highest BCUT2D eigenvalue weighted by Gasteiger charge is 2.25. The third-order valence-electron chi connectivity index (χ3n) is 3.76. The van der Waals surface area contributed by atoms with Crippen LogP contribution in [0.4, 0.5) is 10.1 Å². The van der Waals surface area contributed by atoms with E-state index in [0.29, 0.717) is 22.0 Å². The molecule has 2 aromatic rings. The number of halogens is 2. The van der Waals surface area contributed by atoms with Gasteiger partial charge in [-0.1, -0.05) is 18.2 Å². The van der Waals surface area contributed by atoms with Gasteiger partial charge in [-0.3, -0.25) is 4.79 Å². The number of likely N-dealkylation sites (N-methyl/N-ethyl adjacent to an activating group) is 1. The molecule has 0 spiro atoms. The summed E-state index contributed by atoms with van der Waals surface area (Å²) in [6.45, 7) is 0. The molecule has 1 amide bonds. The van der Waals surface area contributed by atoms with Crippen molar-refractivity contribution in [3.05, 3.63) is 63.4 Å². The first kappa shape index (κ1) is 14.2. The molecule has 3 rings (SSSR count). The molecule has 0 saturated carbocycles. The van der Waals surface area contributed by atoms with Gasteiger partial charge in [0.05, 0.1) is 10.9 Å². The van der Waals surface area contributed by atoms with Crippen molar-refractivity contribution in [3.63, 3.8) is 0 Å². The van der Waals surface area contributed by atoms with Crippen molar-refractivity contribution in [1.29, 1.82) is 0 Å². The molecule has 5 heteroatoms. The highest BCUT2D eigenvalue weighted by atomic mass is 79.9. The van der Waals surface area contributed by atoms with Crippen LogP contribution in [0.5, 0.6) is 0 Å². The Balaban J connectivity index is 1.96. The second-order valence-corrected chi connectivity index (χ2v) is 5.95. The largest absolute Gasteiger partial charge is 0.384 e. The van der Waals surface area contributed by atoms with Crippen LogP contribution in [-0.2, 0) is 11.2 Å². The van der Waals surface area contributed by atoms with Crippen molar-refractivity contribution in [2.45, 2.75) is 12.5 Å². The predicted octanol–water partition coefficient (Wildman–Crippen LogP) is 3.19. The SMILES string of the molecule is CN1C(=O)Cc2cc(C(O)c3ccc(F)c(Br)c3)ccc21. The standard InChI is InChI=1S/C16H13BrFNO2/c1-19-14-5-3-9(6-11(14)8-15(19)20)16(21)10-2-4-13(18)12(17)7-10/h2-7,16,21H,8H2,1H3. The van der Waals surface area contributed by atoms with Crippen molar-refractivity contribution in [1.82, 2.24) is 0 Å². The lowest BCUT2D eigenvalue weighted by Gasteiger charge is -2.15. The lowest BCUT2D eigenvalue weighted by Crippen LogP contribution is -2.20. The zero-order valence-electron chi connectivity index (χ0n) is 11.3. The molecule has 0 bridgehead atoms. The van der Waals surface area contributed by atoms with Gasteiger partial charge in [0, 0.05) is 12.7 Å². The molecule has 2 aromatic carbocycles. The van der Waals surface area contributed by atoms with Crippen LogP contribution in [0.1, 0.15) is 22.8 Å². The number of hydrogen-bond acceptors (Lipinski definition) is 2. The Morgan fingerprint density at radius 3 is 2.62 bits per heavy atom. The Labute approximate surface area is 130 Å². The molecule has 0 aromatic heterocycles. The predicted molar refractivity (Wildman–Crippen MR) is 81.7 cm³/mol. The van der Waals surface area contributed by atoms with Gasteiger partial charge >= 0.3 is 0 Å². The Bertz CT molecular complexity index is 732. The molecular formula is C16H13BrFNO2. The fourth-order valence-electron chi connectivity index (χ4n) is 2.54. The molecule has 21 heavy (non-hydrogen) atoms. The quantitative estimate of drug-likeness (QED) is 0.904. The maximum Gasteiger partial charge on any atom is 0.231 e. The number of aliphatic hydroxyl groups excluding tert-OH is 1. The van der Waals surface area contributed by atoms with Crippen LogP contribution < -0.4 is 4.90 Å².